The second-order valence-corrected chi connectivity index (χ2v) is 2.03. The molecule has 2 N–H and O–H groups in total. The smallest absolute Gasteiger partial charge is 0.348 e. The van der Waals surface area contributed by atoms with Crippen LogP contribution in [0.5, 0.6) is 0 Å². The summed E-state index contributed by atoms with van der Waals surface area (Å²) >= 11 is 0. The van der Waals surface area contributed by atoms with E-state index >= 15 is 0 Å². The standard InChI is InChI=1S/C7H9NO4/c1-5(2-8)7(11)12-4-6(10)3-9/h6,9-10H,1,3-4H2. The second kappa shape index (κ2) is 5.29. The third kappa shape index (κ3) is 3.71. The molecule has 0 amide bonds. The number of ether oxygens (including phenoxy) is 1. The van der Waals surface area contributed by atoms with Crippen LogP contribution in [0.25, 0.3) is 0 Å². The summed E-state index contributed by atoms with van der Waals surface area (Å²) in [4.78, 5) is 10.7. The predicted molar refractivity (Wildman–Crippen MR) is 38.8 cm³/mol. The number of hydrogen-bond donors (Lipinski definition) is 2. The number of esters is 1. The lowest BCUT2D eigenvalue weighted by Crippen LogP contribution is -2.22. The van der Waals surface area contributed by atoms with Crippen molar-refractivity contribution in [3.8, 4) is 6.07 Å². The molecule has 0 heterocycles. The summed E-state index contributed by atoms with van der Waals surface area (Å²) in [6.07, 6.45) is -1.11. The predicted octanol–water partition coefficient (Wildman–Crippen LogP) is -1.04. The molecule has 5 heteroatoms. The van der Waals surface area contributed by atoms with Crippen molar-refractivity contribution in [2.75, 3.05) is 13.2 Å². The molecule has 0 fully saturated rings. The summed E-state index contributed by atoms with van der Waals surface area (Å²) in [6.45, 7) is 2.27. The van der Waals surface area contributed by atoms with Gasteiger partial charge >= 0.3 is 5.97 Å². The highest BCUT2D eigenvalue weighted by Gasteiger charge is 2.10. The molecule has 0 aliphatic carbocycles. The molecule has 0 radical (unpaired) electrons. The first-order chi connectivity index (χ1) is 5.61. The fourth-order valence-electron chi connectivity index (χ4n) is 0.357. The summed E-state index contributed by atoms with van der Waals surface area (Å²) in [5.74, 6) is -0.884. The molecule has 66 valence electrons. The molecule has 0 aromatic heterocycles. The third-order valence-corrected chi connectivity index (χ3v) is 0.999. The fourth-order valence-corrected chi connectivity index (χ4v) is 0.357. The highest BCUT2D eigenvalue weighted by molar-refractivity contribution is 5.91. The molecule has 0 aliphatic rings. The number of hydrogen-bond acceptors (Lipinski definition) is 5. The van der Waals surface area contributed by atoms with E-state index in [9.17, 15) is 4.79 Å². The van der Waals surface area contributed by atoms with Gasteiger partial charge in [0.25, 0.3) is 0 Å². The Morgan fingerprint density at radius 2 is 2.33 bits per heavy atom. The number of aliphatic hydroxyl groups is 2. The maximum Gasteiger partial charge on any atom is 0.348 e. The number of carbonyl (C=O) groups is 1. The van der Waals surface area contributed by atoms with Gasteiger partial charge in [0.2, 0.25) is 0 Å². The maximum absolute atomic E-state index is 10.7. The first kappa shape index (κ1) is 10.6. The summed E-state index contributed by atoms with van der Waals surface area (Å²) in [6, 6.07) is 1.49. The zero-order valence-electron chi connectivity index (χ0n) is 6.36. The highest BCUT2D eigenvalue weighted by atomic mass is 16.5. The van der Waals surface area contributed by atoms with Crippen LogP contribution in [0, 0.1) is 11.3 Å². The van der Waals surface area contributed by atoms with E-state index in [2.05, 4.69) is 11.3 Å². The van der Waals surface area contributed by atoms with Crippen LogP contribution in [0.4, 0.5) is 0 Å². The lowest BCUT2D eigenvalue weighted by Gasteiger charge is -2.06. The van der Waals surface area contributed by atoms with Gasteiger partial charge in [-0.3, -0.25) is 0 Å². The first-order valence-corrected chi connectivity index (χ1v) is 3.17. The van der Waals surface area contributed by atoms with Gasteiger partial charge < -0.3 is 14.9 Å². The lowest BCUT2D eigenvalue weighted by atomic mass is 10.3. The molecular formula is C7H9NO4. The van der Waals surface area contributed by atoms with Crippen molar-refractivity contribution < 1.29 is 19.7 Å². The van der Waals surface area contributed by atoms with E-state index in [1.807, 2.05) is 0 Å². The SMILES string of the molecule is C=C(C#N)C(=O)OCC(O)CO. The molecule has 5 nitrogen and oxygen atoms in total. The number of carbonyl (C=O) groups excluding carboxylic acids is 1. The Bertz CT molecular complexity index is 218. The van der Waals surface area contributed by atoms with E-state index in [0.29, 0.717) is 0 Å². The molecular weight excluding hydrogens is 162 g/mol. The molecule has 0 aliphatic heterocycles. The van der Waals surface area contributed by atoms with Crippen LogP contribution in [0.2, 0.25) is 0 Å². The Hall–Kier alpha value is -1.38. The Labute approximate surface area is 69.5 Å². The average molecular weight is 171 g/mol. The monoisotopic (exact) mass is 171 g/mol. The summed E-state index contributed by atoms with van der Waals surface area (Å²) in [7, 11) is 0. The van der Waals surface area contributed by atoms with E-state index < -0.39 is 18.7 Å². The topological polar surface area (TPSA) is 90.6 Å². The summed E-state index contributed by atoms with van der Waals surface area (Å²) in [5.41, 5.74) is -0.333. The van der Waals surface area contributed by atoms with Crippen LogP contribution in [0.15, 0.2) is 12.2 Å². The van der Waals surface area contributed by atoms with E-state index in [0.717, 1.165) is 0 Å². The molecule has 0 bridgehead atoms. The van der Waals surface area contributed by atoms with E-state index in [1.54, 1.807) is 0 Å². The highest BCUT2D eigenvalue weighted by Crippen LogP contribution is 1.93. The second-order valence-electron chi connectivity index (χ2n) is 2.03. The lowest BCUT2D eigenvalue weighted by molar-refractivity contribution is -0.142. The van der Waals surface area contributed by atoms with Gasteiger partial charge in [0, 0.05) is 0 Å². The quantitative estimate of drug-likeness (QED) is 0.320. The normalized spacial score (nSPS) is 11.4. The minimum atomic E-state index is -1.11. The maximum atomic E-state index is 10.7. The Morgan fingerprint density at radius 3 is 2.75 bits per heavy atom. The number of nitrogens with zero attached hydrogens (tertiary/aromatic N) is 1. The minimum absolute atomic E-state index is 0.333. The van der Waals surface area contributed by atoms with Crippen molar-refractivity contribution in [2.24, 2.45) is 0 Å². The summed E-state index contributed by atoms with van der Waals surface area (Å²) < 4.78 is 4.38. The molecule has 12 heavy (non-hydrogen) atoms. The largest absolute Gasteiger partial charge is 0.459 e. The van der Waals surface area contributed by atoms with Gasteiger partial charge in [-0.1, -0.05) is 6.58 Å². The van der Waals surface area contributed by atoms with Crippen LogP contribution in [-0.4, -0.2) is 35.5 Å². The molecule has 1 unspecified atom stereocenters. The zero-order valence-corrected chi connectivity index (χ0v) is 6.36. The Morgan fingerprint density at radius 1 is 1.75 bits per heavy atom. The molecule has 0 saturated heterocycles. The van der Waals surface area contributed by atoms with Crippen molar-refractivity contribution in [1.29, 1.82) is 5.26 Å². The van der Waals surface area contributed by atoms with Gasteiger partial charge in [0.15, 0.2) is 0 Å². The molecule has 0 rings (SSSR count). The minimum Gasteiger partial charge on any atom is -0.459 e. The molecule has 0 aromatic rings. The van der Waals surface area contributed by atoms with Crippen LogP contribution in [-0.2, 0) is 9.53 Å². The molecule has 0 saturated carbocycles. The zero-order chi connectivity index (χ0) is 9.56. The van der Waals surface area contributed by atoms with Crippen molar-refractivity contribution in [3.63, 3.8) is 0 Å². The van der Waals surface area contributed by atoms with Crippen LogP contribution in [0.1, 0.15) is 0 Å². The van der Waals surface area contributed by atoms with Crippen LogP contribution >= 0.6 is 0 Å². The van der Waals surface area contributed by atoms with E-state index in [-0.39, 0.29) is 12.2 Å². The van der Waals surface area contributed by atoms with Gasteiger partial charge in [0.05, 0.1) is 6.61 Å². The van der Waals surface area contributed by atoms with Crippen molar-refractivity contribution in [1.82, 2.24) is 0 Å². The Balaban J connectivity index is 3.74. The first-order valence-electron chi connectivity index (χ1n) is 3.17. The third-order valence-electron chi connectivity index (χ3n) is 0.999. The molecule has 0 spiro atoms. The number of aliphatic hydroxyl groups excluding tert-OH is 2. The van der Waals surface area contributed by atoms with Gasteiger partial charge in [-0.25, -0.2) is 4.79 Å². The van der Waals surface area contributed by atoms with Crippen molar-refractivity contribution in [2.45, 2.75) is 6.10 Å². The Kier molecular flexibility index (Phi) is 4.69. The molecule has 1 atom stereocenters. The average Bonchev–Trinajstić information content (AvgIpc) is 2.11. The number of nitriles is 1. The van der Waals surface area contributed by atoms with E-state index in [1.165, 1.54) is 6.07 Å². The van der Waals surface area contributed by atoms with E-state index in [4.69, 9.17) is 15.5 Å². The van der Waals surface area contributed by atoms with Gasteiger partial charge in [0.1, 0.15) is 24.4 Å². The van der Waals surface area contributed by atoms with Crippen LogP contribution < -0.4 is 0 Å². The number of rotatable bonds is 4. The fraction of sp³-hybridized carbons (Fsp3) is 0.429. The van der Waals surface area contributed by atoms with Gasteiger partial charge in [-0.05, 0) is 0 Å². The van der Waals surface area contributed by atoms with Crippen molar-refractivity contribution in [3.05, 3.63) is 12.2 Å². The van der Waals surface area contributed by atoms with Gasteiger partial charge in [-0.2, -0.15) is 5.26 Å². The van der Waals surface area contributed by atoms with Gasteiger partial charge in [-0.15, -0.1) is 0 Å². The summed E-state index contributed by atoms with van der Waals surface area (Å²) in [5, 5.41) is 25.2. The van der Waals surface area contributed by atoms with Crippen molar-refractivity contribution >= 4 is 5.97 Å². The van der Waals surface area contributed by atoms with Crippen LogP contribution in [0.3, 0.4) is 0 Å². The molecule has 0 aromatic carbocycles.